The van der Waals surface area contributed by atoms with Crippen LogP contribution in [0.2, 0.25) is 0 Å². The third-order valence-electron chi connectivity index (χ3n) is 4.37. The zero-order valence-electron chi connectivity index (χ0n) is 13.8. The normalized spacial score (nSPS) is 13.0. The van der Waals surface area contributed by atoms with Crippen molar-refractivity contribution >= 4 is 11.8 Å². The number of aromatic nitrogens is 4. The smallest absolute Gasteiger partial charge is 0.290 e. The predicted molar refractivity (Wildman–Crippen MR) is 97.7 cm³/mol. The summed E-state index contributed by atoms with van der Waals surface area (Å²) in [4.78, 5) is 25.4. The van der Waals surface area contributed by atoms with Gasteiger partial charge in [0.1, 0.15) is 5.03 Å². The number of nitrogens with zero attached hydrogens (tertiary/aromatic N) is 4. The van der Waals surface area contributed by atoms with Crippen LogP contribution in [0.15, 0.2) is 58.7 Å². The van der Waals surface area contributed by atoms with E-state index in [1.165, 1.54) is 11.1 Å². The van der Waals surface area contributed by atoms with Crippen molar-refractivity contribution in [3.8, 4) is 0 Å². The first kappa shape index (κ1) is 16.0. The minimum Gasteiger partial charge on any atom is -0.290 e. The average Bonchev–Trinajstić information content (AvgIpc) is 3.14. The highest BCUT2D eigenvalue weighted by atomic mass is 32.2. The highest BCUT2D eigenvalue weighted by Gasteiger charge is 2.22. The fraction of sp³-hybridized carbons (Fsp3) is 0.263. The van der Waals surface area contributed by atoms with Gasteiger partial charge >= 0.3 is 5.69 Å². The molecular weight excluding hydrogens is 332 g/mol. The second-order valence-corrected chi connectivity index (χ2v) is 6.99. The Labute approximate surface area is 150 Å². The van der Waals surface area contributed by atoms with Gasteiger partial charge in [-0.1, -0.05) is 6.07 Å². The lowest BCUT2D eigenvalue weighted by Crippen LogP contribution is -2.28. The molecule has 25 heavy (non-hydrogen) atoms. The lowest BCUT2D eigenvalue weighted by molar-refractivity contribution is 0.656. The van der Waals surface area contributed by atoms with Gasteiger partial charge in [-0.2, -0.15) is 4.98 Å². The van der Waals surface area contributed by atoms with Crippen molar-refractivity contribution in [3.05, 3.63) is 81.9 Å². The minimum absolute atomic E-state index is 0.177. The van der Waals surface area contributed by atoms with Crippen molar-refractivity contribution in [2.75, 3.05) is 0 Å². The van der Waals surface area contributed by atoms with Gasteiger partial charge in [-0.25, -0.2) is 4.79 Å². The molecule has 3 heterocycles. The molecule has 126 valence electrons. The molecule has 0 bridgehead atoms. The second-order valence-electron chi connectivity index (χ2n) is 6.03. The first-order valence-electron chi connectivity index (χ1n) is 8.35. The molecule has 0 saturated carbocycles. The molecule has 0 saturated heterocycles. The van der Waals surface area contributed by atoms with Crippen LogP contribution in [-0.4, -0.2) is 19.5 Å². The summed E-state index contributed by atoms with van der Waals surface area (Å²) in [5, 5.41) is 0.881. The number of rotatable bonds is 5. The molecule has 0 amide bonds. The lowest BCUT2D eigenvalue weighted by atomic mass is 10.2. The molecule has 3 aromatic heterocycles. The van der Waals surface area contributed by atoms with Crippen molar-refractivity contribution in [1.29, 1.82) is 0 Å². The van der Waals surface area contributed by atoms with Crippen LogP contribution < -0.4 is 5.69 Å². The summed E-state index contributed by atoms with van der Waals surface area (Å²) in [5.74, 6) is 0.797. The molecule has 5 nitrogen and oxygen atoms in total. The van der Waals surface area contributed by atoms with E-state index in [0.717, 1.165) is 41.4 Å². The monoisotopic (exact) mass is 350 g/mol. The molecule has 0 aromatic carbocycles. The maximum Gasteiger partial charge on any atom is 0.349 e. The molecule has 0 unspecified atom stereocenters. The maximum absolute atomic E-state index is 12.6. The number of fused-ring (bicyclic) bond motifs is 1. The summed E-state index contributed by atoms with van der Waals surface area (Å²) < 4.78 is 1.79. The second kappa shape index (κ2) is 7.19. The van der Waals surface area contributed by atoms with E-state index in [-0.39, 0.29) is 5.69 Å². The molecule has 3 aromatic rings. The fourth-order valence-electron chi connectivity index (χ4n) is 3.15. The van der Waals surface area contributed by atoms with Crippen molar-refractivity contribution < 1.29 is 0 Å². The number of thioether (sulfide) groups is 1. The molecular formula is C19H18N4OS. The van der Waals surface area contributed by atoms with Crippen molar-refractivity contribution in [3.63, 3.8) is 0 Å². The highest BCUT2D eigenvalue weighted by molar-refractivity contribution is 7.98. The molecule has 6 heteroatoms. The van der Waals surface area contributed by atoms with E-state index in [2.05, 4.69) is 15.0 Å². The first-order valence-corrected chi connectivity index (χ1v) is 9.34. The van der Waals surface area contributed by atoms with Gasteiger partial charge in [0.2, 0.25) is 0 Å². The zero-order valence-corrected chi connectivity index (χ0v) is 14.6. The van der Waals surface area contributed by atoms with Gasteiger partial charge in [-0.3, -0.25) is 14.5 Å². The third kappa shape index (κ3) is 3.49. The van der Waals surface area contributed by atoms with Crippen LogP contribution in [0, 0.1) is 0 Å². The Morgan fingerprint density at radius 1 is 1.08 bits per heavy atom. The van der Waals surface area contributed by atoms with Crippen LogP contribution in [0.25, 0.3) is 0 Å². The van der Waals surface area contributed by atoms with Crippen LogP contribution in [0.1, 0.15) is 28.9 Å². The first-order chi connectivity index (χ1) is 12.3. The Morgan fingerprint density at radius 3 is 2.76 bits per heavy atom. The largest absolute Gasteiger partial charge is 0.349 e. The Hall–Kier alpha value is -2.47. The Morgan fingerprint density at radius 2 is 1.96 bits per heavy atom. The molecule has 0 atom stereocenters. The van der Waals surface area contributed by atoms with Gasteiger partial charge in [0.05, 0.1) is 12.2 Å². The molecule has 0 spiro atoms. The van der Waals surface area contributed by atoms with E-state index < -0.39 is 0 Å². The summed E-state index contributed by atoms with van der Waals surface area (Å²) in [7, 11) is 0. The van der Waals surface area contributed by atoms with E-state index >= 15 is 0 Å². The molecule has 0 fully saturated rings. The molecule has 1 aliphatic rings. The van der Waals surface area contributed by atoms with Gasteiger partial charge in [0.15, 0.2) is 0 Å². The third-order valence-corrected chi connectivity index (χ3v) is 5.46. The standard InChI is InChI=1S/C19H18N4OS/c24-19-22-18(25-13-14-7-10-20-11-8-14)16-5-3-6-17(16)23(19)12-15-4-1-2-9-21-15/h1-2,4,7-11H,3,5-6,12-13H2. The van der Waals surface area contributed by atoms with Gasteiger partial charge in [0.25, 0.3) is 0 Å². The maximum atomic E-state index is 12.6. The summed E-state index contributed by atoms with van der Waals surface area (Å²) in [6.45, 7) is 0.490. The summed E-state index contributed by atoms with van der Waals surface area (Å²) in [5.41, 5.74) is 4.25. The summed E-state index contributed by atoms with van der Waals surface area (Å²) in [6, 6.07) is 9.76. The van der Waals surface area contributed by atoms with Gasteiger partial charge in [-0.05, 0) is 49.1 Å². The van der Waals surface area contributed by atoms with Gasteiger partial charge in [-0.15, -0.1) is 11.8 Å². The predicted octanol–water partition coefficient (Wildman–Crippen LogP) is 2.86. The van der Waals surface area contributed by atoms with Crippen LogP contribution >= 0.6 is 11.8 Å². The van der Waals surface area contributed by atoms with Crippen molar-refractivity contribution in [2.45, 2.75) is 36.6 Å². The van der Waals surface area contributed by atoms with Gasteiger partial charge in [0, 0.05) is 35.6 Å². The number of hydrogen-bond acceptors (Lipinski definition) is 5. The Balaban J connectivity index is 1.63. The van der Waals surface area contributed by atoms with Crippen molar-refractivity contribution in [1.82, 2.24) is 19.5 Å². The topological polar surface area (TPSA) is 60.7 Å². The lowest BCUT2D eigenvalue weighted by Gasteiger charge is -2.14. The fourth-order valence-corrected chi connectivity index (χ4v) is 4.19. The highest BCUT2D eigenvalue weighted by Crippen LogP contribution is 2.31. The summed E-state index contributed by atoms with van der Waals surface area (Å²) >= 11 is 1.64. The number of pyridine rings is 2. The van der Waals surface area contributed by atoms with Gasteiger partial charge < -0.3 is 0 Å². The Kier molecular flexibility index (Phi) is 4.61. The van der Waals surface area contributed by atoms with E-state index in [1.54, 1.807) is 34.9 Å². The van der Waals surface area contributed by atoms with E-state index in [0.29, 0.717) is 6.54 Å². The van der Waals surface area contributed by atoms with E-state index in [4.69, 9.17) is 0 Å². The molecule has 4 rings (SSSR count). The minimum atomic E-state index is -0.177. The van der Waals surface area contributed by atoms with Crippen LogP contribution in [0.4, 0.5) is 0 Å². The molecule has 0 aliphatic heterocycles. The quantitative estimate of drug-likeness (QED) is 0.523. The number of hydrogen-bond donors (Lipinski definition) is 0. The molecule has 0 radical (unpaired) electrons. The van der Waals surface area contributed by atoms with Crippen molar-refractivity contribution in [2.24, 2.45) is 0 Å². The van der Waals surface area contributed by atoms with Crippen LogP contribution in [0.5, 0.6) is 0 Å². The SMILES string of the molecule is O=c1nc(SCc2ccncc2)c2c(n1Cc1ccccn1)CCC2. The molecule has 1 aliphatic carbocycles. The Bertz CT molecular complexity index is 925. The van der Waals surface area contributed by atoms with Crippen LogP contribution in [-0.2, 0) is 25.1 Å². The molecule has 0 N–H and O–H groups in total. The average molecular weight is 350 g/mol. The summed E-state index contributed by atoms with van der Waals surface area (Å²) in [6.07, 6.45) is 8.34. The van der Waals surface area contributed by atoms with E-state index in [9.17, 15) is 4.79 Å². The van der Waals surface area contributed by atoms with Crippen LogP contribution in [0.3, 0.4) is 0 Å². The van der Waals surface area contributed by atoms with E-state index in [1.807, 2.05) is 30.3 Å². The zero-order chi connectivity index (χ0) is 17.1.